The normalized spacial score (nSPS) is 17.1. The van der Waals surface area contributed by atoms with Crippen LogP contribution in [-0.4, -0.2) is 14.5 Å². The number of nitrogen functional groups attached to an aromatic ring is 1. The number of anilines is 1. The molecule has 1 aliphatic rings. The number of rotatable bonds is 3. The second kappa shape index (κ2) is 5.43. The minimum Gasteiger partial charge on any atom is -0.397 e. The van der Waals surface area contributed by atoms with Crippen LogP contribution >= 0.6 is 0 Å². The van der Waals surface area contributed by atoms with Crippen molar-refractivity contribution in [2.75, 3.05) is 5.73 Å². The number of fused-ring (bicyclic) bond motifs is 1. The summed E-state index contributed by atoms with van der Waals surface area (Å²) in [6.07, 6.45) is 8.28. The second-order valence-electron chi connectivity index (χ2n) is 6.42. The average molecular weight is 272 g/mol. The molecule has 0 radical (unpaired) electrons. The lowest BCUT2D eigenvalue weighted by atomic mass is 9.88. The van der Waals surface area contributed by atoms with Crippen molar-refractivity contribution in [3.63, 3.8) is 0 Å². The topological polar surface area (TPSA) is 56.7 Å². The second-order valence-corrected chi connectivity index (χ2v) is 6.42. The Kier molecular flexibility index (Phi) is 3.64. The van der Waals surface area contributed by atoms with Crippen LogP contribution in [0.25, 0.3) is 11.2 Å². The van der Waals surface area contributed by atoms with Gasteiger partial charge >= 0.3 is 0 Å². The molecule has 2 aromatic rings. The van der Waals surface area contributed by atoms with E-state index >= 15 is 0 Å². The molecule has 2 heterocycles. The van der Waals surface area contributed by atoms with Crippen LogP contribution in [0.3, 0.4) is 0 Å². The van der Waals surface area contributed by atoms with Crippen molar-refractivity contribution in [1.82, 2.24) is 14.5 Å². The van der Waals surface area contributed by atoms with E-state index in [4.69, 9.17) is 10.7 Å². The molecular weight excluding hydrogens is 248 g/mol. The predicted octanol–water partition coefficient (Wildman–Crippen LogP) is 3.72. The zero-order valence-corrected chi connectivity index (χ0v) is 12.5. The van der Waals surface area contributed by atoms with Gasteiger partial charge in [0.1, 0.15) is 11.3 Å². The summed E-state index contributed by atoms with van der Waals surface area (Å²) in [5.74, 6) is 2.42. The van der Waals surface area contributed by atoms with Gasteiger partial charge in [0.25, 0.3) is 0 Å². The first kappa shape index (κ1) is 13.4. The Labute approximate surface area is 120 Å². The summed E-state index contributed by atoms with van der Waals surface area (Å²) < 4.78 is 2.33. The van der Waals surface area contributed by atoms with E-state index in [0.29, 0.717) is 17.5 Å². The maximum absolute atomic E-state index is 5.85. The van der Waals surface area contributed by atoms with Gasteiger partial charge in [-0.1, -0.05) is 33.1 Å². The van der Waals surface area contributed by atoms with E-state index in [0.717, 1.165) is 17.7 Å². The molecule has 20 heavy (non-hydrogen) atoms. The van der Waals surface area contributed by atoms with E-state index in [-0.39, 0.29) is 0 Å². The molecule has 108 valence electrons. The summed E-state index contributed by atoms with van der Waals surface area (Å²) in [5.41, 5.74) is 8.49. The van der Waals surface area contributed by atoms with Crippen molar-refractivity contribution in [2.24, 2.45) is 5.92 Å². The fraction of sp³-hybridized carbons (Fsp3) is 0.625. The smallest absolute Gasteiger partial charge is 0.160 e. The number of pyridine rings is 1. The molecule has 2 N–H and O–H groups in total. The summed E-state index contributed by atoms with van der Waals surface area (Å²) in [6.45, 7) is 5.47. The first-order valence-electron chi connectivity index (χ1n) is 7.77. The molecule has 0 atom stereocenters. The minimum absolute atomic E-state index is 0.592. The van der Waals surface area contributed by atoms with Crippen LogP contribution in [-0.2, 0) is 6.54 Å². The van der Waals surface area contributed by atoms with Gasteiger partial charge < -0.3 is 10.3 Å². The van der Waals surface area contributed by atoms with Crippen molar-refractivity contribution in [3.05, 3.63) is 18.1 Å². The zero-order valence-electron chi connectivity index (χ0n) is 12.5. The molecule has 1 saturated carbocycles. The molecule has 0 saturated heterocycles. The zero-order chi connectivity index (χ0) is 14.1. The lowest BCUT2D eigenvalue weighted by molar-refractivity contribution is 0.405. The Hall–Kier alpha value is -1.58. The molecule has 0 aliphatic heterocycles. The third-order valence-electron chi connectivity index (χ3n) is 4.15. The standard InChI is InChI=1S/C16H24N4/c1-11(2)10-20-15(12-6-4-3-5-7-12)19-14-8-13(17)9-18-16(14)20/h8-9,11-12H,3-7,10,17H2,1-2H3. The summed E-state index contributed by atoms with van der Waals surface area (Å²) in [6, 6.07) is 1.95. The Morgan fingerprint density at radius 3 is 2.75 bits per heavy atom. The maximum Gasteiger partial charge on any atom is 0.160 e. The lowest BCUT2D eigenvalue weighted by Crippen LogP contribution is -2.15. The van der Waals surface area contributed by atoms with Gasteiger partial charge in [0, 0.05) is 12.5 Å². The monoisotopic (exact) mass is 272 g/mol. The van der Waals surface area contributed by atoms with E-state index < -0.39 is 0 Å². The van der Waals surface area contributed by atoms with Gasteiger partial charge in [0.15, 0.2) is 5.65 Å². The number of nitrogens with zero attached hydrogens (tertiary/aromatic N) is 3. The predicted molar refractivity (Wildman–Crippen MR) is 82.6 cm³/mol. The van der Waals surface area contributed by atoms with Gasteiger partial charge in [-0.2, -0.15) is 0 Å². The first-order valence-corrected chi connectivity index (χ1v) is 7.77. The van der Waals surface area contributed by atoms with E-state index in [1.54, 1.807) is 6.20 Å². The highest BCUT2D eigenvalue weighted by atomic mass is 15.1. The van der Waals surface area contributed by atoms with Crippen LogP contribution in [0.4, 0.5) is 5.69 Å². The van der Waals surface area contributed by atoms with Crippen LogP contribution in [0.15, 0.2) is 12.3 Å². The fourth-order valence-electron chi connectivity index (χ4n) is 3.26. The Bertz CT molecular complexity index is 594. The van der Waals surface area contributed by atoms with E-state index in [1.807, 2.05) is 6.07 Å². The van der Waals surface area contributed by atoms with Crippen molar-refractivity contribution < 1.29 is 0 Å². The number of hydrogen-bond donors (Lipinski definition) is 1. The Morgan fingerprint density at radius 2 is 2.05 bits per heavy atom. The summed E-state index contributed by atoms with van der Waals surface area (Å²) in [5, 5.41) is 0. The SMILES string of the molecule is CC(C)Cn1c(C2CCCCC2)nc2cc(N)cnc21. The van der Waals surface area contributed by atoms with Crippen LogP contribution < -0.4 is 5.73 Å². The Balaban J connectivity index is 2.08. The highest BCUT2D eigenvalue weighted by Gasteiger charge is 2.23. The third kappa shape index (κ3) is 2.51. The van der Waals surface area contributed by atoms with Crippen molar-refractivity contribution in [1.29, 1.82) is 0 Å². The largest absolute Gasteiger partial charge is 0.397 e. The number of aromatic nitrogens is 3. The number of nitrogens with two attached hydrogens (primary N) is 1. The van der Waals surface area contributed by atoms with E-state index in [9.17, 15) is 0 Å². The highest BCUT2D eigenvalue weighted by molar-refractivity contribution is 5.75. The number of hydrogen-bond acceptors (Lipinski definition) is 3. The molecule has 0 aromatic carbocycles. The molecule has 0 amide bonds. The van der Waals surface area contributed by atoms with Crippen LogP contribution in [0.2, 0.25) is 0 Å². The van der Waals surface area contributed by atoms with Crippen LogP contribution in [0.1, 0.15) is 57.7 Å². The van der Waals surface area contributed by atoms with Gasteiger partial charge in [-0.15, -0.1) is 0 Å². The third-order valence-corrected chi connectivity index (χ3v) is 4.15. The maximum atomic E-state index is 5.85. The first-order chi connectivity index (χ1) is 9.65. The van der Waals surface area contributed by atoms with Gasteiger partial charge in [-0.25, -0.2) is 9.97 Å². The van der Waals surface area contributed by atoms with Gasteiger partial charge in [-0.05, 0) is 24.8 Å². The molecule has 4 nitrogen and oxygen atoms in total. The van der Waals surface area contributed by atoms with Crippen molar-refractivity contribution in [2.45, 2.75) is 58.4 Å². The summed E-state index contributed by atoms with van der Waals surface area (Å²) in [4.78, 5) is 9.40. The van der Waals surface area contributed by atoms with E-state index in [1.165, 1.54) is 37.9 Å². The molecule has 0 unspecified atom stereocenters. The van der Waals surface area contributed by atoms with Crippen LogP contribution in [0.5, 0.6) is 0 Å². The summed E-state index contributed by atoms with van der Waals surface area (Å²) in [7, 11) is 0. The average Bonchev–Trinajstić information content (AvgIpc) is 2.77. The van der Waals surface area contributed by atoms with Crippen LogP contribution in [0, 0.1) is 5.92 Å². The van der Waals surface area contributed by atoms with Gasteiger partial charge in [-0.3, -0.25) is 0 Å². The highest BCUT2D eigenvalue weighted by Crippen LogP contribution is 2.34. The van der Waals surface area contributed by atoms with Gasteiger partial charge in [0.05, 0.1) is 11.9 Å². The minimum atomic E-state index is 0.592. The van der Waals surface area contributed by atoms with E-state index in [2.05, 4.69) is 23.4 Å². The molecule has 4 heteroatoms. The Morgan fingerprint density at radius 1 is 1.30 bits per heavy atom. The fourth-order valence-corrected chi connectivity index (χ4v) is 3.26. The molecule has 1 aliphatic carbocycles. The lowest BCUT2D eigenvalue weighted by Gasteiger charge is -2.22. The van der Waals surface area contributed by atoms with Crippen molar-refractivity contribution in [3.8, 4) is 0 Å². The molecule has 0 spiro atoms. The molecule has 1 fully saturated rings. The number of imidazole rings is 1. The molecule has 3 rings (SSSR count). The molecular formula is C16H24N4. The molecule has 2 aromatic heterocycles. The quantitative estimate of drug-likeness (QED) is 0.926. The molecule has 0 bridgehead atoms. The van der Waals surface area contributed by atoms with Gasteiger partial charge in [0.2, 0.25) is 0 Å². The van der Waals surface area contributed by atoms with Crippen molar-refractivity contribution >= 4 is 16.9 Å². The summed E-state index contributed by atoms with van der Waals surface area (Å²) >= 11 is 0.